The van der Waals surface area contributed by atoms with Crippen LogP contribution >= 0.6 is 0 Å². The molecular weight excluding hydrogens is 472 g/mol. The molecule has 14 heteroatoms. The molecule has 2 saturated heterocycles. The summed E-state index contributed by atoms with van der Waals surface area (Å²) in [5, 5.41) is 65.3. The third-order valence-corrected chi connectivity index (χ3v) is 6.51. The first-order valence-electron chi connectivity index (χ1n) is 11.7. The summed E-state index contributed by atoms with van der Waals surface area (Å²) in [7, 11) is 0. The van der Waals surface area contributed by atoms with E-state index in [2.05, 4.69) is 10.6 Å². The molecular formula is C21H36N2O12. The van der Waals surface area contributed by atoms with Crippen LogP contribution in [0.4, 0.5) is 0 Å². The van der Waals surface area contributed by atoms with E-state index in [1.165, 1.54) is 13.8 Å². The predicted octanol–water partition coefficient (Wildman–Crippen LogP) is -4.17. The summed E-state index contributed by atoms with van der Waals surface area (Å²) in [6.45, 7) is 1.28. The number of amides is 2. The molecule has 3 aliphatic rings. The third-order valence-electron chi connectivity index (χ3n) is 6.51. The van der Waals surface area contributed by atoms with Gasteiger partial charge in [-0.2, -0.15) is 0 Å². The standard InChI is InChI=1S/C21H36N2O12/c1-8(26)22-14-18(30)16(28)12(6-24)34-20(14)32-10-4-3-5-11(10)33-21-15(23-9(2)27)19(31)17(29)13(7-25)35-21/h10-21,24-25,28-31H,3-7H2,1-2H3,(H,22,26)(H,23,27). The van der Waals surface area contributed by atoms with Crippen molar-refractivity contribution in [1.29, 1.82) is 0 Å². The normalized spacial score (nSPS) is 44.1. The molecule has 12 atom stereocenters. The maximum atomic E-state index is 11.7. The molecule has 2 aliphatic heterocycles. The van der Waals surface area contributed by atoms with Crippen molar-refractivity contribution >= 4 is 11.8 Å². The second kappa shape index (κ2) is 12.2. The highest BCUT2D eigenvalue weighted by Crippen LogP contribution is 2.33. The Hall–Kier alpha value is -1.46. The monoisotopic (exact) mass is 508 g/mol. The van der Waals surface area contributed by atoms with E-state index in [9.17, 15) is 40.2 Å². The molecule has 202 valence electrons. The molecule has 0 aromatic rings. The highest BCUT2D eigenvalue weighted by molar-refractivity contribution is 5.73. The zero-order valence-electron chi connectivity index (χ0n) is 19.6. The second-order valence-electron chi connectivity index (χ2n) is 9.15. The molecule has 0 aromatic carbocycles. The number of hydrogen-bond donors (Lipinski definition) is 8. The molecule has 0 radical (unpaired) electrons. The molecule has 12 unspecified atom stereocenters. The minimum atomic E-state index is -1.47. The number of hydrogen-bond acceptors (Lipinski definition) is 12. The largest absolute Gasteiger partial charge is 0.394 e. The number of aliphatic hydroxyl groups excluding tert-OH is 6. The van der Waals surface area contributed by atoms with Crippen molar-refractivity contribution in [2.24, 2.45) is 0 Å². The van der Waals surface area contributed by atoms with Crippen LogP contribution in [-0.4, -0.2) is 129 Å². The maximum absolute atomic E-state index is 11.7. The number of aliphatic hydroxyl groups is 6. The first-order valence-corrected chi connectivity index (χ1v) is 11.7. The van der Waals surface area contributed by atoms with Gasteiger partial charge in [-0.25, -0.2) is 0 Å². The van der Waals surface area contributed by atoms with E-state index in [0.29, 0.717) is 19.3 Å². The Balaban J connectivity index is 1.74. The lowest BCUT2D eigenvalue weighted by atomic mass is 9.96. The van der Waals surface area contributed by atoms with Gasteiger partial charge in [-0.15, -0.1) is 0 Å². The van der Waals surface area contributed by atoms with E-state index in [0.717, 1.165) is 0 Å². The fraction of sp³-hybridized carbons (Fsp3) is 0.905. The van der Waals surface area contributed by atoms with Crippen molar-refractivity contribution in [2.75, 3.05) is 13.2 Å². The summed E-state index contributed by atoms with van der Waals surface area (Å²) in [6, 6.07) is -2.25. The molecule has 1 saturated carbocycles. The Morgan fingerprint density at radius 3 is 1.43 bits per heavy atom. The summed E-state index contributed by atoms with van der Waals surface area (Å²) in [5.41, 5.74) is 0. The van der Waals surface area contributed by atoms with Crippen LogP contribution in [0.15, 0.2) is 0 Å². The van der Waals surface area contributed by atoms with Gasteiger partial charge in [0.2, 0.25) is 11.8 Å². The van der Waals surface area contributed by atoms with E-state index in [1.54, 1.807) is 0 Å². The number of carbonyl (C=O) groups excluding carboxylic acids is 2. The molecule has 0 bridgehead atoms. The Morgan fingerprint density at radius 2 is 1.11 bits per heavy atom. The molecule has 2 amide bonds. The van der Waals surface area contributed by atoms with Gasteiger partial charge in [0, 0.05) is 13.8 Å². The summed E-state index contributed by atoms with van der Waals surface area (Å²) in [4.78, 5) is 23.3. The van der Waals surface area contributed by atoms with Crippen LogP contribution in [0.3, 0.4) is 0 Å². The number of ether oxygens (including phenoxy) is 4. The maximum Gasteiger partial charge on any atom is 0.217 e. The molecule has 14 nitrogen and oxygen atoms in total. The minimum absolute atomic E-state index is 0.489. The molecule has 8 N–H and O–H groups in total. The van der Waals surface area contributed by atoms with E-state index in [-0.39, 0.29) is 0 Å². The quantitative estimate of drug-likeness (QED) is 0.157. The van der Waals surface area contributed by atoms with Gasteiger partial charge in [0.05, 0.1) is 25.4 Å². The Labute approximate surface area is 202 Å². The molecule has 0 spiro atoms. The van der Waals surface area contributed by atoms with Crippen molar-refractivity contribution in [1.82, 2.24) is 10.6 Å². The van der Waals surface area contributed by atoms with E-state index < -0.39 is 98.5 Å². The smallest absolute Gasteiger partial charge is 0.217 e. The van der Waals surface area contributed by atoms with Crippen LogP contribution < -0.4 is 10.6 Å². The van der Waals surface area contributed by atoms with Crippen LogP contribution in [-0.2, 0) is 28.5 Å². The molecule has 3 rings (SSSR count). The van der Waals surface area contributed by atoms with Crippen LogP contribution in [0.2, 0.25) is 0 Å². The predicted molar refractivity (Wildman–Crippen MR) is 114 cm³/mol. The van der Waals surface area contributed by atoms with Crippen molar-refractivity contribution in [3.05, 3.63) is 0 Å². The fourth-order valence-corrected chi connectivity index (χ4v) is 4.72. The van der Waals surface area contributed by atoms with Crippen LogP contribution in [0, 0.1) is 0 Å². The van der Waals surface area contributed by atoms with Crippen molar-refractivity contribution in [3.8, 4) is 0 Å². The summed E-state index contributed by atoms with van der Waals surface area (Å²) in [6.07, 6.45) is -10.2. The fourth-order valence-electron chi connectivity index (χ4n) is 4.72. The van der Waals surface area contributed by atoms with Crippen molar-refractivity contribution in [3.63, 3.8) is 0 Å². The Bertz CT molecular complexity index is 670. The van der Waals surface area contributed by atoms with Gasteiger partial charge < -0.3 is 60.2 Å². The van der Waals surface area contributed by atoms with Crippen molar-refractivity contribution in [2.45, 2.75) is 107 Å². The van der Waals surface area contributed by atoms with Gasteiger partial charge in [0.15, 0.2) is 12.6 Å². The topological polar surface area (TPSA) is 216 Å². The highest BCUT2D eigenvalue weighted by Gasteiger charge is 2.49. The summed E-state index contributed by atoms with van der Waals surface area (Å²) in [5.74, 6) is -0.979. The van der Waals surface area contributed by atoms with Gasteiger partial charge in [0.1, 0.15) is 48.7 Å². The SMILES string of the molecule is CC(=O)NC1C(OC2CCCC2OC2OC(CO)C(O)C(O)C2NC(C)=O)OC(CO)C(O)C1O. The summed E-state index contributed by atoms with van der Waals surface area (Å²) >= 11 is 0. The molecule has 35 heavy (non-hydrogen) atoms. The molecule has 2 heterocycles. The molecule has 0 aromatic heterocycles. The number of carbonyl (C=O) groups is 2. The average molecular weight is 509 g/mol. The second-order valence-corrected chi connectivity index (χ2v) is 9.15. The highest BCUT2D eigenvalue weighted by atomic mass is 16.7. The Kier molecular flexibility index (Phi) is 9.79. The van der Waals surface area contributed by atoms with Gasteiger partial charge in [-0.1, -0.05) is 0 Å². The van der Waals surface area contributed by atoms with Gasteiger partial charge in [-0.05, 0) is 19.3 Å². The zero-order valence-corrected chi connectivity index (χ0v) is 19.6. The number of rotatable bonds is 8. The van der Waals surface area contributed by atoms with E-state index >= 15 is 0 Å². The van der Waals surface area contributed by atoms with Crippen molar-refractivity contribution < 1.29 is 59.2 Å². The van der Waals surface area contributed by atoms with Crippen LogP contribution in [0.5, 0.6) is 0 Å². The van der Waals surface area contributed by atoms with Gasteiger partial charge >= 0.3 is 0 Å². The lowest BCUT2D eigenvalue weighted by Crippen LogP contribution is -2.66. The van der Waals surface area contributed by atoms with Gasteiger partial charge in [0.25, 0.3) is 0 Å². The van der Waals surface area contributed by atoms with Gasteiger partial charge in [-0.3, -0.25) is 9.59 Å². The third kappa shape index (κ3) is 6.46. The lowest BCUT2D eigenvalue weighted by Gasteiger charge is -2.45. The lowest BCUT2D eigenvalue weighted by molar-refractivity contribution is -0.311. The van der Waals surface area contributed by atoms with E-state index in [1.807, 2.05) is 0 Å². The summed E-state index contributed by atoms with van der Waals surface area (Å²) < 4.78 is 23.3. The first kappa shape index (κ1) is 28.1. The minimum Gasteiger partial charge on any atom is -0.394 e. The molecule has 1 aliphatic carbocycles. The van der Waals surface area contributed by atoms with Crippen LogP contribution in [0.25, 0.3) is 0 Å². The molecule has 3 fully saturated rings. The average Bonchev–Trinajstić information content (AvgIpc) is 3.24. The zero-order chi connectivity index (χ0) is 25.9. The number of nitrogens with one attached hydrogen (secondary N) is 2. The Morgan fingerprint density at radius 1 is 0.743 bits per heavy atom. The van der Waals surface area contributed by atoms with Crippen LogP contribution in [0.1, 0.15) is 33.1 Å². The first-order chi connectivity index (χ1) is 16.6. The van der Waals surface area contributed by atoms with E-state index in [4.69, 9.17) is 18.9 Å².